The predicted octanol–water partition coefficient (Wildman–Crippen LogP) is 3.29. The van der Waals surface area contributed by atoms with E-state index in [1.807, 2.05) is 31.2 Å². The summed E-state index contributed by atoms with van der Waals surface area (Å²) in [6, 6.07) is 10.9. The molecular formula is C30H30O7. The number of fused-ring (bicyclic) bond motifs is 3. The molecule has 192 valence electrons. The molecule has 3 aliphatic rings. The molecular weight excluding hydrogens is 472 g/mol. The third kappa shape index (κ3) is 3.47. The monoisotopic (exact) mass is 502 g/mol. The number of benzene rings is 2. The first kappa shape index (κ1) is 25.2. The number of rotatable bonds is 3. The Bertz CT molecular complexity index is 1370. The van der Waals surface area contributed by atoms with Gasteiger partial charge >= 0.3 is 0 Å². The summed E-state index contributed by atoms with van der Waals surface area (Å²) in [6.45, 7) is 6.60. The second kappa shape index (κ2) is 8.55. The van der Waals surface area contributed by atoms with Crippen LogP contribution in [-0.2, 0) is 25.6 Å². The number of carbonyl (C=O) groups is 5. The molecule has 0 spiro atoms. The molecule has 2 saturated carbocycles. The molecule has 0 aliphatic heterocycles. The maximum Gasteiger partial charge on any atom is 0.190 e. The van der Waals surface area contributed by atoms with Gasteiger partial charge in [0.25, 0.3) is 0 Å². The molecule has 3 aliphatic carbocycles. The number of carbonyl (C=O) groups excluding carboxylic acids is 5. The zero-order valence-electron chi connectivity index (χ0n) is 21.3. The van der Waals surface area contributed by atoms with E-state index < -0.39 is 64.1 Å². The Labute approximate surface area is 214 Å². The van der Waals surface area contributed by atoms with Crippen molar-refractivity contribution in [2.45, 2.75) is 46.1 Å². The Morgan fingerprint density at radius 1 is 1.00 bits per heavy atom. The van der Waals surface area contributed by atoms with Crippen LogP contribution in [0.4, 0.5) is 0 Å². The van der Waals surface area contributed by atoms with E-state index in [0.717, 1.165) is 23.6 Å². The third-order valence-electron chi connectivity index (χ3n) is 8.68. The summed E-state index contributed by atoms with van der Waals surface area (Å²) in [5, 5.41) is 22.4. The Hall–Kier alpha value is -3.45. The fraction of sp³-hybridized carbons (Fsp3) is 0.433. The maximum absolute atomic E-state index is 13.9. The molecule has 0 saturated heterocycles. The number of aromatic hydroxyl groups is 1. The number of aliphatic hydroxyl groups is 1. The number of hydrogen-bond donors (Lipinski definition) is 2. The number of Topliss-reactive ketones (excluding diaryl/α,β-unsaturated/α-hetero) is 5. The molecule has 2 N–H and O–H groups in total. The van der Waals surface area contributed by atoms with Gasteiger partial charge in [0, 0.05) is 11.8 Å². The van der Waals surface area contributed by atoms with Crippen molar-refractivity contribution in [2.75, 3.05) is 0 Å². The SMILES string of the molecule is CC(=O)C1C(=O)C(C(C)C)[C@H]2C[C@H]3Cc4c(-c5ccc(C)cc5)ccc(O)c4C(=O)C3C(=O)[C@@]2(O)C1=O. The molecule has 0 aromatic heterocycles. The first-order valence-corrected chi connectivity index (χ1v) is 12.7. The molecule has 6 atom stereocenters. The molecule has 2 fully saturated rings. The number of ketones is 5. The summed E-state index contributed by atoms with van der Waals surface area (Å²) in [6.07, 6.45) is 0.372. The summed E-state index contributed by atoms with van der Waals surface area (Å²) >= 11 is 0. The van der Waals surface area contributed by atoms with Crippen LogP contribution in [-0.4, -0.2) is 44.7 Å². The lowest BCUT2D eigenvalue weighted by Gasteiger charge is -2.52. The van der Waals surface area contributed by atoms with E-state index >= 15 is 0 Å². The van der Waals surface area contributed by atoms with Crippen molar-refractivity contribution in [1.82, 2.24) is 0 Å². The van der Waals surface area contributed by atoms with Gasteiger partial charge in [-0.3, -0.25) is 24.0 Å². The van der Waals surface area contributed by atoms with Crippen LogP contribution in [0.2, 0.25) is 0 Å². The number of hydrogen-bond acceptors (Lipinski definition) is 7. The smallest absolute Gasteiger partial charge is 0.190 e. The first-order chi connectivity index (χ1) is 17.4. The minimum Gasteiger partial charge on any atom is -0.507 e. The van der Waals surface area contributed by atoms with Gasteiger partial charge in [0.15, 0.2) is 28.7 Å². The van der Waals surface area contributed by atoms with E-state index in [1.165, 1.54) is 6.07 Å². The summed E-state index contributed by atoms with van der Waals surface area (Å²) in [5.41, 5.74) is 0.736. The van der Waals surface area contributed by atoms with Crippen molar-refractivity contribution in [3.8, 4) is 16.9 Å². The van der Waals surface area contributed by atoms with Gasteiger partial charge < -0.3 is 10.2 Å². The predicted molar refractivity (Wildman–Crippen MR) is 134 cm³/mol. The second-order valence-electron chi connectivity index (χ2n) is 11.2. The van der Waals surface area contributed by atoms with Crippen molar-refractivity contribution >= 4 is 28.9 Å². The minimum atomic E-state index is -2.60. The van der Waals surface area contributed by atoms with Gasteiger partial charge in [-0.05, 0) is 61.3 Å². The standard InChI is InChI=1S/C30H30O7/c1-13(2)22-20-12-17-11-19-18(16-7-5-14(3)6-8-16)9-10-21(32)25(19)27(34)24(17)29(36)30(20,37)28(35)23(15(4)31)26(22)33/h5-10,13,17,20,22-24,32,37H,11-12H2,1-4H3/t17-,20-,22?,23?,24?,30+/m1/s1. The van der Waals surface area contributed by atoms with E-state index in [1.54, 1.807) is 19.9 Å². The van der Waals surface area contributed by atoms with Gasteiger partial charge in [-0.25, -0.2) is 0 Å². The van der Waals surface area contributed by atoms with Crippen LogP contribution in [0.1, 0.15) is 48.7 Å². The van der Waals surface area contributed by atoms with Crippen LogP contribution in [0.25, 0.3) is 11.1 Å². The molecule has 0 radical (unpaired) electrons. The fourth-order valence-electron chi connectivity index (χ4n) is 6.97. The second-order valence-corrected chi connectivity index (χ2v) is 11.2. The molecule has 3 unspecified atom stereocenters. The summed E-state index contributed by atoms with van der Waals surface area (Å²) in [5.74, 6) is -10.1. The normalized spacial score (nSPS) is 31.1. The van der Waals surface area contributed by atoms with E-state index in [0.29, 0.717) is 5.56 Å². The largest absolute Gasteiger partial charge is 0.507 e. The molecule has 37 heavy (non-hydrogen) atoms. The van der Waals surface area contributed by atoms with Crippen molar-refractivity contribution in [1.29, 1.82) is 0 Å². The number of phenolic OH excluding ortho intramolecular Hbond substituents is 1. The zero-order chi connectivity index (χ0) is 27.0. The average Bonchev–Trinajstić information content (AvgIpc) is 2.82. The van der Waals surface area contributed by atoms with Crippen molar-refractivity contribution in [2.24, 2.45) is 35.5 Å². The molecule has 7 heteroatoms. The maximum atomic E-state index is 13.9. The molecule has 2 aromatic rings. The molecule has 0 amide bonds. The van der Waals surface area contributed by atoms with E-state index in [-0.39, 0.29) is 30.1 Å². The van der Waals surface area contributed by atoms with Crippen LogP contribution in [0.5, 0.6) is 5.75 Å². The lowest BCUT2D eigenvalue weighted by Crippen LogP contribution is -2.70. The fourth-order valence-corrected chi connectivity index (χ4v) is 6.97. The van der Waals surface area contributed by atoms with Gasteiger partial charge in [-0.2, -0.15) is 0 Å². The highest BCUT2D eigenvalue weighted by Gasteiger charge is 2.68. The van der Waals surface area contributed by atoms with Crippen molar-refractivity contribution in [3.05, 3.63) is 53.1 Å². The Morgan fingerprint density at radius 2 is 1.65 bits per heavy atom. The highest BCUT2D eigenvalue weighted by molar-refractivity contribution is 6.32. The van der Waals surface area contributed by atoms with E-state index in [4.69, 9.17) is 0 Å². The Balaban J connectivity index is 1.66. The molecule has 2 aromatic carbocycles. The van der Waals surface area contributed by atoms with Crippen LogP contribution in [0.3, 0.4) is 0 Å². The molecule has 0 heterocycles. The van der Waals surface area contributed by atoms with Gasteiger partial charge in [-0.1, -0.05) is 49.7 Å². The lowest BCUT2D eigenvalue weighted by molar-refractivity contribution is -0.182. The van der Waals surface area contributed by atoms with Gasteiger partial charge in [0.2, 0.25) is 0 Å². The number of aryl methyl sites for hydroxylation is 1. The summed E-state index contributed by atoms with van der Waals surface area (Å²) in [7, 11) is 0. The van der Waals surface area contributed by atoms with Crippen LogP contribution < -0.4 is 0 Å². The molecule has 0 bridgehead atoms. The van der Waals surface area contributed by atoms with Gasteiger partial charge in [-0.15, -0.1) is 0 Å². The minimum absolute atomic E-state index is 0.0255. The van der Waals surface area contributed by atoms with Crippen molar-refractivity contribution < 1.29 is 34.2 Å². The van der Waals surface area contributed by atoms with Gasteiger partial charge in [0.05, 0.1) is 11.5 Å². The quantitative estimate of drug-likeness (QED) is 0.617. The lowest BCUT2D eigenvalue weighted by atomic mass is 9.49. The first-order valence-electron chi connectivity index (χ1n) is 12.7. The molecule has 7 nitrogen and oxygen atoms in total. The average molecular weight is 503 g/mol. The highest BCUT2D eigenvalue weighted by Crippen LogP contribution is 2.53. The third-order valence-corrected chi connectivity index (χ3v) is 8.68. The number of phenols is 1. The summed E-state index contributed by atoms with van der Waals surface area (Å²) in [4.78, 5) is 66.7. The Kier molecular flexibility index (Phi) is 5.83. The highest BCUT2D eigenvalue weighted by atomic mass is 16.3. The van der Waals surface area contributed by atoms with E-state index in [2.05, 4.69) is 0 Å². The summed E-state index contributed by atoms with van der Waals surface area (Å²) < 4.78 is 0. The van der Waals surface area contributed by atoms with Crippen molar-refractivity contribution in [3.63, 3.8) is 0 Å². The van der Waals surface area contributed by atoms with Gasteiger partial charge in [0.1, 0.15) is 17.5 Å². The zero-order valence-corrected chi connectivity index (χ0v) is 21.3. The Morgan fingerprint density at radius 3 is 2.24 bits per heavy atom. The van der Waals surface area contributed by atoms with E-state index in [9.17, 15) is 34.2 Å². The van der Waals surface area contributed by atoms with Crippen LogP contribution in [0.15, 0.2) is 36.4 Å². The molecule has 5 rings (SSSR count). The topological polar surface area (TPSA) is 126 Å². The van der Waals surface area contributed by atoms with Crippen LogP contribution >= 0.6 is 0 Å². The van der Waals surface area contributed by atoms with Crippen LogP contribution in [0, 0.1) is 42.4 Å².